The minimum atomic E-state index is 0.0599. The van der Waals surface area contributed by atoms with Crippen molar-refractivity contribution in [1.82, 2.24) is 5.32 Å². The summed E-state index contributed by atoms with van der Waals surface area (Å²) in [6.07, 6.45) is 1.67. The summed E-state index contributed by atoms with van der Waals surface area (Å²) in [7, 11) is 0. The largest absolute Gasteiger partial charge is 0.501 e. The number of nitrogens with one attached hydrogen (secondary N) is 1. The first kappa shape index (κ1) is 6.74. The summed E-state index contributed by atoms with van der Waals surface area (Å²) in [6.45, 7) is 0. The zero-order valence-electron chi connectivity index (χ0n) is 3.39. The second-order valence-corrected chi connectivity index (χ2v) is 1.86. The van der Waals surface area contributed by atoms with Gasteiger partial charge >= 0.3 is 0 Å². The number of amides is 1. The zero-order chi connectivity index (χ0) is 5.70. The van der Waals surface area contributed by atoms with Crippen LogP contribution in [0.15, 0.2) is 9.97 Å². The van der Waals surface area contributed by atoms with Gasteiger partial charge in [0.05, 0.1) is 6.20 Å². The molecule has 0 aliphatic carbocycles. The van der Waals surface area contributed by atoms with Gasteiger partial charge in [0.1, 0.15) is 0 Å². The van der Waals surface area contributed by atoms with Crippen molar-refractivity contribution in [2.24, 2.45) is 0 Å². The van der Waals surface area contributed by atoms with E-state index in [1.54, 1.807) is 22.6 Å². The fourth-order valence-electron chi connectivity index (χ4n) is 0.103. The number of halogens is 1. The van der Waals surface area contributed by atoms with E-state index in [0.29, 0.717) is 6.41 Å². The molecule has 0 spiro atoms. The summed E-state index contributed by atoms with van der Waals surface area (Å²) in [4.78, 5) is 9.44. The maximum Gasteiger partial charge on any atom is 0.211 e. The number of hydrogen-bond donors (Lipinski definition) is 2. The molecule has 0 aromatic heterocycles. The van der Waals surface area contributed by atoms with E-state index in [9.17, 15) is 4.79 Å². The van der Waals surface area contributed by atoms with Gasteiger partial charge < -0.3 is 10.4 Å². The summed E-state index contributed by atoms with van der Waals surface area (Å²) in [5.74, 6) is 0. The van der Waals surface area contributed by atoms with Crippen LogP contribution in [0.4, 0.5) is 0 Å². The van der Waals surface area contributed by atoms with E-state index in [4.69, 9.17) is 5.11 Å². The first-order valence-electron chi connectivity index (χ1n) is 1.51. The van der Waals surface area contributed by atoms with Crippen LogP contribution >= 0.6 is 22.6 Å². The zero-order valence-corrected chi connectivity index (χ0v) is 5.55. The highest BCUT2D eigenvalue weighted by atomic mass is 127. The Morgan fingerprint density at radius 2 is 2.43 bits per heavy atom. The molecule has 1 amide bonds. The predicted molar refractivity (Wildman–Crippen MR) is 33.9 cm³/mol. The van der Waals surface area contributed by atoms with Crippen molar-refractivity contribution in [3.05, 3.63) is 9.97 Å². The Bertz CT molecular complexity index is 86.9. The van der Waals surface area contributed by atoms with Gasteiger partial charge in [-0.25, -0.2) is 0 Å². The molecule has 2 N–H and O–H groups in total. The molecular formula is C3H4INO2. The normalized spacial score (nSPS) is 10.7. The number of carbonyl (C=O) groups excluding carboxylic acids is 1. The van der Waals surface area contributed by atoms with Gasteiger partial charge in [-0.2, -0.15) is 0 Å². The molecule has 3 nitrogen and oxygen atoms in total. The third-order valence-electron chi connectivity index (χ3n) is 0.270. The summed E-state index contributed by atoms with van der Waals surface area (Å²) >= 11 is 1.66. The highest BCUT2D eigenvalue weighted by Crippen LogP contribution is 1.94. The number of aliphatic hydroxyl groups is 1. The van der Waals surface area contributed by atoms with E-state index in [1.807, 2.05) is 0 Å². The van der Waals surface area contributed by atoms with Crippen molar-refractivity contribution in [2.75, 3.05) is 0 Å². The number of hydrogen-bond acceptors (Lipinski definition) is 2. The molecule has 4 heteroatoms. The van der Waals surface area contributed by atoms with Crippen LogP contribution in [-0.2, 0) is 4.79 Å². The van der Waals surface area contributed by atoms with E-state index < -0.39 is 0 Å². The predicted octanol–water partition coefficient (Wildman–Crippen LogP) is 0.524. The van der Waals surface area contributed by atoms with E-state index in [0.717, 1.165) is 0 Å². The number of aliphatic hydroxyl groups excluding tert-OH is 1. The molecule has 40 valence electrons. The molecule has 0 saturated heterocycles. The topological polar surface area (TPSA) is 49.3 Å². The average Bonchev–Trinajstić information content (AvgIpc) is 1.61. The maximum absolute atomic E-state index is 9.44. The summed E-state index contributed by atoms with van der Waals surface area (Å²) in [5, 5.41) is 10.5. The Labute approximate surface area is 54.5 Å². The molecule has 0 aliphatic rings. The fourth-order valence-corrected chi connectivity index (χ4v) is 0.283. The number of carbonyl (C=O) groups is 1. The fraction of sp³-hybridized carbons (Fsp3) is 0. The minimum absolute atomic E-state index is 0.0599. The number of rotatable bonds is 2. The van der Waals surface area contributed by atoms with Crippen LogP contribution in [-0.4, -0.2) is 11.5 Å². The lowest BCUT2D eigenvalue weighted by Gasteiger charge is -1.81. The Balaban J connectivity index is 3.25. The van der Waals surface area contributed by atoms with Crippen LogP contribution in [0, 0.1) is 0 Å². The molecular weight excluding hydrogens is 209 g/mol. The molecule has 0 bridgehead atoms. The van der Waals surface area contributed by atoms with Crippen LogP contribution in [0.25, 0.3) is 0 Å². The Morgan fingerprint density at radius 3 is 2.57 bits per heavy atom. The molecule has 0 unspecified atom stereocenters. The smallest absolute Gasteiger partial charge is 0.211 e. The Morgan fingerprint density at radius 1 is 1.86 bits per heavy atom. The summed E-state index contributed by atoms with van der Waals surface area (Å²) < 4.78 is 0.0599. The lowest BCUT2D eigenvalue weighted by molar-refractivity contribution is -0.108. The lowest BCUT2D eigenvalue weighted by atomic mass is 10.9. The van der Waals surface area contributed by atoms with Crippen LogP contribution in [0.1, 0.15) is 0 Å². The molecule has 0 radical (unpaired) electrons. The highest BCUT2D eigenvalue weighted by Gasteiger charge is 1.74. The Hall–Kier alpha value is -0.260. The minimum Gasteiger partial charge on any atom is -0.501 e. The lowest BCUT2D eigenvalue weighted by Crippen LogP contribution is -1.99. The monoisotopic (exact) mass is 213 g/mol. The van der Waals surface area contributed by atoms with E-state index in [1.165, 1.54) is 6.20 Å². The van der Waals surface area contributed by atoms with E-state index >= 15 is 0 Å². The molecule has 0 fully saturated rings. The van der Waals surface area contributed by atoms with Gasteiger partial charge in [0, 0.05) is 22.6 Å². The molecule has 7 heavy (non-hydrogen) atoms. The van der Waals surface area contributed by atoms with E-state index in [-0.39, 0.29) is 3.77 Å². The molecule has 0 rings (SSSR count). The van der Waals surface area contributed by atoms with Gasteiger partial charge in [0.15, 0.2) is 3.77 Å². The quantitative estimate of drug-likeness (QED) is 0.399. The maximum atomic E-state index is 9.44. The van der Waals surface area contributed by atoms with Crippen molar-refractivity contribution < 1.29 is 9.90 Å². The van der Waals surface area contributed by atoms with Crippen LogP contribution < -0.4 is 5.32 Å². The first-order valence-corrected chi connectivity index (χ1v) is 2.59. The van der Waals surface area contributed by atoms with Crippen molar-refractivity contribution >= 4 is 29.0 Å². The third kappa shape index (κ3) is 5.74. The van der Waals surface area contributed by atoms with Crippen LogP contribution in [0.3, 0.4) is 0 Å². The van der Waals surface area contributed by atoms with Gasteiger partial charge in [0.25, 0.3) is 0 Å². The molecule has 0 saturated carbocycles. The SMILES string of the molecule is O=CNC=C(O)I. The second kappa shape index (κ2) is 3.91. The van der Waals surface area contributed by atoms with Crippen molar-refractivity contribution in [2.45, 2.75) is 0 Å². The summed E-state index contributed by atoms with van der Waals surface area (Å²) in [6, 6.07) is 0. The molecule has 0 aliphatic heterocycles. The molecule has 0 aromatic rings. The standard InChI is InChI=1S/C3H4INO2/c4-3(7)1-5-2-6/h1-2,7H,(H,5,6). The summed E-state index contributed by atoms with van der Waals surface area (Å²) in [5.41, 5.74) is 0. The average molecular weight is 213 g/mol. The van der Waals surface area contributed by atoms with Gasteiger partial charge in [-0.15, -0.1) is 0 Å². The van der Waals surface area contributed by atoms with Crippen molar-refractivity contribution in [3.8, 4) is 0 Å². The van der Waals surface area contributed by atoms with Crippen LogP contribution in [0.5, 0.6) is 0 Å². The Kier molecular flexibility index (Phi) is 3.77. The molecule has 0 heterocycles. The van der Waals surface area contributed by atoms with Crippen molar-refractivity contribution in [3.63, 3.8) is 0 Å². The molecule has 0 atom stereocenters. The van der Waals surface area contributed by atoms with Gasteiger partial charge in [-0.3, -0.25) is 4.79 Å². The van der Waals surface area contributed by atoms with Gasteiger partial charge in [-0.05, 0) is 0 Å². The van der Waals surface area contributed by atoms with E-state index in [2.05, 4.69) is 5.32 Å². The highest BCUT2D eigenvalue weighted by molar-refractivity contribution is 14.1. The van der Waals surface area contributed by atoms with Crippen molar-refractivity contribution in [1.29, 1.82) is 0 Å². The van der Waals surface area contributed by atoms with Gasteiger partial charge in [-0.1, -0.05) is 0 Å². The third-order valence-corrected chi connectivity index (χ3v) is 0.582. The second-order valence-electron chi connectivity index (χ2n) is 0.752. The van der Waals surface area contributed by atoms with Crippen LogP contribution in [0.2, 0.25) is 0 Å². The first-order chi connectivity index (χ1) is 3.27. The van der Waals surface area contributed by atoms with Gasteiger partial charge in [0.2, 0.25) is 6.41 Å². The molecule has 0 aromatic carbocycles.